The summed E-state index contributed by atoms with van der Waals surface area (Å²) in [6.45, 7) is 1.78. The molecule has 1 heterocycles. The van der Waals surface area contributed by atoms with Gasteiger partial charge in [-0.2, -0.15) is 5.26 Å². The van der Waals surface area contributed by atoms with Crippen LogP contribution in [0.2, 0.25) is 5.02 Å². The van der Waals surface area contributed by atoms with E-state index in [1.54, 1.807) is 43.3 Å². The molecule has 0 bridgehead atoms. The smallest absolute Gasteiger partial charge is 0.266 e. The molecule has 0 spiro atoms. The maximum absolute atomic E-state index is 12.0. The number of benzene rings is 1. The van der Waals surface area contributed by atoms with E-state index in [4.69, 9.17) is 21.3 Å². The highest BCUT2D eigenvalue weighted by atomic mass is 35.5. The van der Waals surface area contributed by atoms with E-state index in [1.807, 2.05) is 6.07 Å². The van der Waals surface area contributed by atoms with Gasteiger partial charge in [0.2, 0.25) is 0 Å². The molecule has 0 saturated heterocycles. The summed E-state index contributed by atoms with van der Waals surface area (Å²) in [5.41, 5.74) is 0.398. The van der Waals surface area contributed by atoms with Crippen LogP contribution < -0.4 is 5.32 Å². The summed E-state index contributed by atoms with van der Waals surface area (Å²) in [7, 11) is 0. The summed E-state index contributed by atoms with van der Waals surface area (Å²) >= 11 is 5.94. The summed E-state index contributed by atoms with van der Waals surface area (Å²) in [6.07, 6.45) is 1.39. The number of hydrogen-bond acceptors (Lipinski definition) is 3. The normalized spacial score (nSPS) is 10.9. The fraction of sp³-hybridized carbons (Fsp3) is 0.0667. The molecule has 0 aliphatic rings. The zero-order chi connectivity index (χ0) is 14.5. The highest BCUT2D eigenvalue weighted by Crippen LogP contribution is 2.21. The highest BCUT2D eigenvalue weighted by molar-refractivity contribution is 6.34. The maximum atomic E-state index is 12.0. The molecule has 1 N–H and O–H groups in total. The van der Waals surface area contributed by atoms with Crippen LogP contribution in [0.15, 0.2) is 46.4 Å². The highest BCUT2D eigenvalue weighted by Gasteiger charge is 2.11. The molecule has 2 rings (SSSR count). The first-order chi connectivity index (χ1) is 9.60. The molecule has 0 fully saturated rings. The SMILES string of the molecule is Cc1ccc(/C=C(\C#N)C(=O)Nc2ccccc2Cl)o1. The van der Waals surface area contributed by atoms with Gasteiger partial charge < -0.3 is 9.73 Å². The molecule has 4 nitrogen and oxygen atoms in total. The van der Waals surface area contributed by atoms with E-state index in [1.165, 1.54) is 6.08 Å². The standard InChI is InChI=1S/C15H11ClN2O2/c1-10-6-7-12(20-10)8-11(9-17)15(19)18-14-5-3-2-4-13(14)16/h2-8H,1H3,(H,18,19)/b11-8+. The fourth-order valence-corrected chi connectivity index (χ4v) is 1.76. The van der Waals surface area contributed by atoms with Gasteiger partial charge in [0.05, 0.1) is 10.7 Å². The number of aryl methyl sites for hydroxylation is 1. The van der Waals surface area contributed by atoms with Crippen molar-refractivity contribution in [1.29, 1.82) is 5.26 Å². The van der Waals surface area contributed by atoms with E-state index in [-0.39, 0.29) is 5.57 Å². The minimum atomic E-state index is -0.533. The Balaban J connectivity index is 2.21. The number of furan rings is 1. The number of para-hydroxylation sites is 1. The third-order valence-electron chi connectivity index (χ3n) is 2.53. The molecule has 2 aromatic rings. The molecule has 0 radical (unpaired) electrons. The lowest BCUT2D eigenvalue weighted by molar-refractivity contribution is -0.112. The Hall–Kier alpha value is -2.51. The average Bonchev–Trinajstić information content (AvgIpc) is 2.84. The number of carbonyl (C=O) groups excluding carboxylic acids is 1. The summed E-state index contributed by atoms with van der Waals surface area (Å²) in [5.74, 6) is 0.628. The molecule has 0 unspecified atom stereocenters. The molecule has 20 heavy (non-hydrogen) atoms. The zero-order valence-electron chi connectivity index (χ0n) is 10.7. The minimum absolute atomic E-state index is 0.0562. The Morgan fingerprint density at radius 3 is 2.70 bits per heavy atom. The van der Waals surface area contributed by atoms with Crippen molar-refractivity contribution in [3.05, 3.63) is 58.5 Å². The van der Waals surface area contributed by atoms with Gasteiger partial charge in [-0.3, -0.25) is 4.79 Å². The molecular weight excluding hydrogens is 276 g/mol. The molecule has 0 aliphatic carbocycles. The van der Waals surface area contributed by atoms with Gasteiger partial charge in [0.1, 0.15) is 23.2 Å². The Labute approximate surface area is 121 Å². The van der Waals surface area contributed by atoms with E-state index in [2.05, 4.69) is 5.32 Å². The van der Waals surface area contributed by atoms with Crippen molar-refractivity contribution in [3.63, 3.8) is 0 Å². The molecule has 1 amide bonds. The van der Waals surface area contributed by atoms with Crippen LogP contribution in [0.3, 0.4) is 0 Å². The first-order valence-electron chi connectivity index (χ1n) is 5.84. The van der Waals surface area contributed by atoms with E-state index in [0.717, 1.165) is 0 Å². The number of nitrogens with one attached hydrogen (secondary N) is 1. The monoisotopic (exact) mass is 286 g/mol. The van der Waals surface area contributed by atoms with E-state index >= 15 is 0 Å². The molecule has 100 valence electrons. The number of rotatable bonds is 3. The molecule has 5 heteroatoms. The predicted molar refractivity (Wildman–Crippen MR) is 77.1 cm³/mol. The van der Waals surface area contributed by atoms with Crippen molar-refractivity contribution < 1.29 is 9.21 Å². The van der Waals surface area contributed by atoms with Crippen LogP contribution in [0.5, 0.6) is 0 Å². The van der Waals surface area contributed by atoms with E-state index in [9.17, 15) is 4.79 Å². The van der Waals surface area contributed by atoms with Gasteiger partial charge in [-0.1, -0.05) is 23.7 Å². The maximum Gasteiger partial charge on any atom is 0.266 e. The first kappa shape index (κ1) is 13.9. The number of halogens is 1. The largest absolute Gasteiger partial charge is 0.462 e. The number of amides is 1. The summed E-state index contributed by atoms with van der Waals surface area (Å²) in [5, 5.41) is 12.1. The number of anilines is 1. The van der Waals surface area contributed by atoms with Crippen molar-refractivity contribution in [2.24, 2.45) is 0 Å². The van der Waals surface area contributed by atoms with Crippen molar-refractivity contribution in [3.8, 4) is 6.07 Å². The zero-order valence-corrected chi connectivity index (χ0v) is 11.4. The van der Waals surface area contributed by atoms with Gasteiger partial charge in [-0.15, -0.1) is 0 Å². The number of hydrogen-bond donors (Lipinski definition) is 1. The van der Waals surface area contributed by atoms with Crippen LogP contribution >= 0.6 is 11.6 Å². The topological polar surface area (TPSA) is 66.0 Å². The van der Waals surface area contributed by atoms with Crippen LogP contribution in [-0.2, 0) is 4.79 Å². The average molecular weight is 287 g/mol. The van der Waals surface area contributed by atoms with Gasteiger partial charge in [0.15, 0.2) is 0 Å². The van der Waals surface area contributed by atoms with Crippen LogP contribution in [0.1, 0.15) is 11.5 Å². The van der Waals surface area contributed by atoms with Crippen molar-refractivity contribution >= 4 is 29.3 Å². The second-order valence-electron chi connectivity index (χ2n) is 4.05. The van der Waals surface area contributed by atoms with Gasteiger partial charge in [-0.25, -0.2) is 0 Å². The molecule has 0 saturated carbocycles. The summed E-state index contributed by atoms with van der Waals surface area (Å²) < 4.78 is 5.31. The second kappa shape index (κ2) is 6.09. The first-order valence-corrected chi connectivity index (χ1v) is 6.22. The number of nitrogens with zero attached hydrogens (tertiary/aromatic N) is 1. The van der Waals surface area contributed by atoms with Crippen molar-refractivity contribution in [2.45, 2.75) is 6.92 Å². The minimum Gasteiger partial charge on any atom is -0.462 e. The lowest BCUT2D eigenvalue weighted by Gasteiger charge is -2.05. The Kier molecular flexibility index (Phi) is 4.24. The molecule has 0 aliphatic heterocycles. The third-order valence-corrected chi connectivity index (χ3v) is 2.86. The molecule has 0 atom stereocenters. The Morgan fingerprint density at radius 1 is 1.35 bits per heavy atom. The van der Waals surface area contributed by atoms with Crippen molar-refractivity contribution in [1.82, 2.24) is 0 Å². The predicted octanol–water partition coefficient (Wildman–Crippen LogP) is 3.79. The van der Waals surface area contributed by atoms with E-state index in [0.29, 0.717) is 22.2 Å². The van der Waals surface area contributed by atoms with Crippen LogP contribution in [0, 0.1) is 18.3 Å². The molecular formula is C15H11ClN2O2. The lowest BCUT2D eigenvalue weighted by Crippen LogP contribution is -2.13. The number of carbonyl (C=O) groups is 1. The van der Waals surface area contributed by atoms with Crippen LogP contribution in [0.4, 0.5) is 5.69 Å². The fourth-order valence-electron chi connectivity index (χ4n) is 1.57. The lowest BCUT2D eigenvalue weighted by atomic mass is 10.2. The van der Waals surface area contributed by atoms with Gasteiger partial charge >= 0.3 is 0 Å². The van der Waals surface area contributed by atoms with Crippen LogP contribution in [-0.4, -0.2) is 5.91 Å². The van der Waals surface area contributed by atoms with Gasteiger partial charge in [0, 0.05) is 6.08 Å². The van der Waals surface area contributed by atoms with Gasteiger partial charge in [-0.05, 0) is 31.2 Å². The Bertz CT molecular complexity index is 711. The van der Waals surface area contributed by atoms with Gasteiger partial charge in [0.25, 0.3) is 5.91 Å². The quantitative estimate of drug-likeness (QED) is 0.689. The Morgan fingerprint density at radius 2 is 2.10 bits per heavy atom. The number of nitriles is 1. The molecule has 1 aromatic carbocycles. The van der Waals surface area contributed by atoms with E-state index < -0.39 is 5.91 Å². The third kappa shape index (κ3) is 3.28. The van der Waals surface area contributed by atoms with Crippen LogP contribution in [0.25, 0.3) is 6.08 Å². The molecule has 1 aromatic heterocycles. The van der Waals surface area contributed by atoms with Crippen molar-refractivity contribution in [2.75, 3.05) is 5.32 Å². The summed E-state index contributed by atoms with van der Waals surface area (Å²) in [6, 6.07) is 12.1. The summed E-state index contributed by atoms with van der Waals surface area (Å²) in [4.78, 5) is 12.0. The second-order valence-corrected chi connectivity index (χ2v) is 4.46.